The maximum Gasteiger partial charge on any atom is 0.409 e. The zero-order chi connectivity index (χ0) is 20.7. The van der Waals surface area contributed by atoms with Crippen LogP contribution in [0.3, 0.4) is 0 Å². The second-order valence-electron chi connectivity index (χ2n) is 6.54. The number of ether oxygens (including phenoxy) is 1. The van der Waals surface area contributed by atoms with E-state index in [1.165, 1.54) is 13.0 Å². The van der Waals surface area contributed by atoms with Crippen molar-refractivity contribution in [2.24, 2.45) is 0 Å². The van der Waals surface area contributed by atoms with Gasteiger partial charge in [0, 0.05) is 45.1 Å². The van der Waals surface area contributed by atoms with Gasteiger partial charge in [-0.2, -0.15) is 0 Å². The summed E-state index contributed by atoms with van der Waals surface area (Å²) in [6.45, 7) is 4.27. The Morgan fingerprint density at radius 1 is 1.25 bits per heavy atom. The van der Waals surface area contributed by atoms with Gasteiger partial charge in [0.05, 0.1) is 12.3 Å². The third-order valence-electron chi connectivity index (χ3n) is 4.53. The van der Waals surface area contributed by atoms with Crippen LogP contribution in [0.5, 0.6) is 0 Å². The van der Waals surface area contributed by atoms with Gasteiger partial charge >= 0.3 is 6.09 Å². The van der Waals surface area contributed by atoms with E-state index in [9.17, 15) is 23.2 Å². The number of nitrogens with one attached hydrogen (secondary N) is 1. The monoisotopic (exact) mass is 397 g/mol. The average Bonchev–Trinajstić information content (AvgIpc) is 2.64. The van der Waals surface area contributed by atoms with E-state index >= 15 is 0 Å². The van der Waals surface area contributed by atoms with Crippen LogP contribution in [0.1, 0.15) is 33.1 Å². The Balaban J connectivity index is 1.84. The van der Waals surface area contributed by atoms with Gasteiger partial charge in [0.2, 0.25) is 11.8 Å². The Labute approximate surface area is 162 Å². The number of halogens is 2. The van der Waals surface area contributed by atoms with Gasteiger partial charge in [0.15, 0.2) is 0 Å². The second-order valence-corrected chi connectivity index (χ2v) is 6.54. The lowest BCUT2D eigenvalue weighted by molar-refractivity contribution is -0.122. The Bertz CT molecular complexity index is 721. The number of rotatable bonds is 6. The van der Waals surface area contributed by atoms with Crippen LogP contribution >= 0.6 is 0 Å². The number of likely N-dealkylation sites (tertiary alicyclic amines) is 1. The van der Waals surface area contributed by atoms with Gasteiger partial charge in [-0.1, -0.05) is 0 Å². The third kappa shape index (κ3) is 5.90. The molecule has 3 amide bonds. The quantitative estimate of drug-likeness (QED) is 0.800. The number of carbonyl (C=O) groups excluding carboxylic acids is 3. The third-order valence-corrected chi connectivity index (χ3v) is 4.53. The van der Waals surface area contributed by atoms with Gasteiger partial charge in [-0.3, -0.25) is 9.59 Å². The molecule has 0 aromatic heterocycles. The summed E-state index contributed by atoms with van der Waals surface area (Å²) in [4.78, 5) is 38.4. The van der Waals surface area contributed by atoms with Crippen LogP contribution in [-0.2, 0) is 14.3 Å². The summed E-state index contributed by atoms with van der Waals surface area (Å²) >= 11 is 0. The molecule has 1 heterocycles. The molecule has 1 aromatic rings. The van der Waals surface area contributed by atoms with Crippen molar-refractivity contribution >= 4 is 23.6 Å². The molecule has 1 aliphatic heterocycles. The normalized spacial score (nSPS) is 14.5. The van der Waals surface area contributed by atoms with E-state index in [2.05, 4.69) is 5.32 Å². The summed E-state index contributed by atoms with van der Waals surface area (Å²) < 4.78 is 32.0. The SMILES string of the molecule is CCOC(=O)N1CCC(NC(=O)CCN(C(C)=O)c2ccc(F)cc2F)CC1. The summed E-state index contributed by atoms with van der Waals surface area (Å²) in [6.07, 6.45) is 0.834. The standard InChI is InChI=1S/C19H25F2N3O4/c1-3-28-19(27)23-9-6-15(7-10-23)22-18(26)8-11-24(13(2)25)17-5-4-14(20)12-16(17)21/h4-5,12,15H,3,6-11H2,1-2H3,(H,22,26). The number of hydrogen-bond donors (Lipinski definition) is 1. The lowest BCUT2D eigenvalue weighted by Gasteiger charge is -2.31. The molecule has 154 valence electrons. The van der Waals surface area contributed by atoms with Crippen LogP contribution in [-0.4, -0.2) is 55.1 Å². The molecule has 1 aromatic carbocycles. The largest absolute Gasteiger partial charge is 0.450 e. The lowest BCUT2D eigenvalue weighted by Crippen LogP contribution is -2.47. The van der Waals surface area contributed by atoms with Crippen molar-refractivity contribution in [1.82, 2.24) is 10.2 Å². The fourth-order valence-corrected chi connectivity index (χ4v) is 3.08. The Kier molecular flexibility index (Phi) is 7.71. The summed E-state index contributed by atoms with van der Waals surface area (Å²) in [5, 5.41) is 2.87. The van der Waals surface area contributed by atoms with Crippen LogP contribution < -0.4 is 10.2 Å². The highest BCUT2D eigenvalue weighted by molar-refractivity contribution is 5.92. The summed E-state index contributed by atoms with van der Waals surface area (Å²) in [6, 6.07) is 2.86. The van der Waals surface area contributed by atoms with Gasteiger partial charge in [-0.05, 0) is 31.9 Å². The topological polar surface area (TPSA) is 79.0 Å². The molecule has 0 spiro atoms. The van der Waals surface area contributed by atoms with Crippen molar-refractivity contribution in [3.05, 3.63) is 29.8 Å². The Hall–Kier alpha value is -2.71. The first-order chi connectivity index (χ1) is 13.3. The fraction of sp³-hybridized carbons (Fsp3) is 0.526. The van der Waals surface area contributed by atoms with Crippen LogP contribution in [0.25, 0.3) is 0 Å². The molecule has 1 fully saturated rings. The van der Waals surface area contributed by atoms with Crippen molar-refractivity contribution in [3.63, 3.8) is 0 Å². The van der Waals surface area contributed by atoms with E-state index in [1.807, 2.05) is 0 Å². The molecule has 0 atom stereocenters. The molecular formula is C19H25F2N3O4. The van der Waals surface area contributed by atoms with Gasteiger partial charge in [0.25, 0.3) is 0 Å². The molecule has 1 aliphatic rings. The van der Waals surface area contributed by atoms with Crippen LogP contribution in [0.2, 0.25) is 0 Å². The van der Waals surface area contributed by atoms with E-state index < -0.39 is 17.5 Å². The maximum atomic E-state index is 13.9. The van der Waals surface area contributed by atoms with Gasteiger partial charge in [0.1, 0.15) is 11.6 Å². The number of carbonyl (C=O) groups is 3. The van der Waals surface area contributed by atoms with E-state index in [-0.39, 0.29) is 36.7 Å². The summed E-state index contributed by atoms with van der Waals surface area (Å²) in [7, 11) is 0. The molecule has 28 heavy (non-hydrogen) atoms. The number of hydrogen-bond acceptors (Lipinski definition) is 4. The molecule has 0 radical (unpaired) electrons. The molecule has 1 N–H and O–H groups in total. The van der Waals surface area contributed by atoms with Crippen LogP contribution in [0, 0.1) is 11.6 Å². The van der Waals surface area contributed by atoms with Crippen LogP contribution in [0.4, 0.5) is 19.3 Å². The van der Waals surface area contributed by atoms with E-state index in [0.29, 0.717) is 38.6 Å². The summed E-state index contributed by atoms with van der Waals surface area (Å²) in [5.41, 5.74) is -0.0653. The van der Waals surface area contributed by atoms with Crippen molar-refractivity contribution < 1.29 is 27.9 Å². The van der Waals surface area contributed by atoms with E-state index in [4.69, 9.17) is 4.74 Å². The zero-order valence-corrected chi connectivity index (χ0v) is 16.0. The van der Waals surface area contributed by atoms with Gasteiger partial charge < -0.3 is 19.9 Å². The summed E-state index contributed by atoms with van der Waals surface area (Å²) in [5.74, 6) is -2.32. The molecule has 7 nitrogen and oxygen atoms in total. The number of anilines is 1. The maximum absolute atomic E-state index is 13.9. The zero-order valence-electron chi connectivity index (χ0n) is 16.0. The minimum atomic E-state index is -0.859. The highest BCUT2D eigenvalue weighted by Gasteiger charge is 2.25. The first kappa shape index (κ1) is 21.6. The Morgan fingerprint density at radius 3 is 2.50 bits per heavy atom. The smallest absolute Gasteiger partial charge is 0.409 e. The number of piperidine rings is 1. The number of amides is 3. The molecule has 9 heteroatoms. The molecule has 2 rings (SSSR count). The number of nitrogens with zero attached hydrogens (tertiary/aromatic N) is 2. The van der Waals surface area contributed by atoms with Crippen molar-refractivity contribution in [2.45, 2.75) is 39.2 Å². The molecule has 0 aliphatic carbocycles. The number of benzene rings is 1. The van der Waals surface area contributed by atoms with Gasteiger partial charge in [-0.25, -0.2) is 13.6 Å². The predicted molar refractivity (Wildman–Crippen MR) is 98.8 cm³/mol. The van der Waals surface area contributed by atoms with Crippen LogP contribution in [0.15, 0.2) is 18.2 Å². The highest BCUT2D eigenvalue weighted by atomic mass is 19.1. The molecule has 1 saturated heterocycles. The van der Waals surface area contributed by atoms with E-state index in [1.54, 1.807) is 11.8 Å². The van der Waals surface area contributed by atoms with Gasteiger partial charge in [-0.15, -0.1) is 0 Å². The fourth-order valence-electron chi connectivity index (χ4n) is 3.08. The average molecular weight is 397 g/mol. The highest BCUT2D eigenvalue weighted by Crippen LogP contribution is 2.21. The van der Waals surface area contributed by atoms with E-state index in [0.717, 1.165) is 11.0 Å². The van der Waals surface area contributed by atoms with Crippen molar-refractivity contribution in [1.29, 1.82) is 0 Å². The minimum Gasteiger partial charge on any atom is -0.450 e. The predicted octanol–water partition coefficient (Wildman–Crippen LogP) is 2.44. The molecule has 0 bridgehead atoms. The second kappa shape index (κ2) is 10.0. The first-order valence-corrected chi connectivity index (χ1v) is 9.26. The van der Waals surface area contributed by atoms with Crippen molar-refractivity contribution in [3.8, 4) is 0 Å². The minimum absolute atomic E-state index is 0.0194. The van der Waals surface area contributed by atoms with Crippen molar-refractivity contribution in [2.75, 3.05) is 31.1 Å². The molecular weight excluding hydrogens is 372 g/mol. The first-order valence-electron chi connectivity index (χ1n) is 9.26. The molecule has 0 unspecified atom stereocenters. The Morgan fingerprint density at radius 2 is 1.93 bits per heavy atom. The molecule has 0 saturated carbocycles. The lowest BCUT2D eigenvalue weighted by atomic mass is 10.1.